The zero-order valence-corrected chi connectivity index (χ0v) is 15.4. The van der Waals surface area contributed by atoms with Crippen LogP contribution in [0.15, 0.2) is 61.1 Å². The first kappa shape index (κ1) is 17.8. The molecule has 0 unspecified atom stereocenters. The summed E-state index contributed by atoms with van der Waals surface area (Å²) in [5.74, 6) is 0.575. The number of hydrogen-bond acceptors (Lipinski definition) is 4. The number of carbonyl (C=O) groups is 1. The van der Waals surface area contributed by atoms with Gasteiger partial charge in [-0.05, 0) is 23.8 Å². The number of aromatic nitrogens is 3. The maximum atomic E-state index is 13.0. The van der Waals surface area contributed by atoms with Gasteiger partial charge in [-0.2, -0.15) is 5.10 Å². The Kier molecular flexibility index (Phi) is 4.82. The number of hydrogen-bond donors (Lipinski definition) is 4. The number of methoxy groups -OCH3 is 1. The third kappa shape index (κ3) is 3.23. The molecule has 0 aliphatic heterocycles. The molecule has 7 heteroatoms. The monoisotopic (exact) mass is 375 g/mol. The Morgan fingerprint density at radius 3 is 2.71 bits per heavy atom. The van der Waals surface area contributed by atoms with Crippen LogP contribution in [0.1, 0.15) is 22.0 Å². The standard InChI is InChI=1S/C21H21N5O2/c1-28-15-7-5-13(6-8-15)19(9-22)26-21(27)17-4-2-3-16-18(12-23-20(16)17)14-10-24-25-11-14/h2-8,10-12,19,23H,9,22H2,1H3,(H,24,25)(H,26,27)/t19-/m0/s1. The summed E-state index contributed by atoms with van der Waals surface area (Å²) in [6, 6.07) is 12.9. The van der Waals surface area contributed by atoms with Crippen molar-refractivity contribution in [2.24, 2.45) is 5.73 Å². The predicted molar refractivity (Wildman–Crippen MR) is 108 cm³/mol. The molecule has 142 valence electrons. The summed E-state index contributed by atoms with van der Waals surface area (Å²) < 4.78 is 5.18. The lowest BCUT2D eigenvalue weighted by Gasteiger charge is -2.18. The van der Waals surface area contributed by atoms with Crippen molar-refractivity contribution in [1.82, 2.24) is 20.5 Å². The molecule has 2 aromatic carbocycles. The van der Waals surface area contributed by atoms with Gasteiger partial charge >= 0.3 is 0 Å². The van der Waals surface area contributed by atoms with Crippen molar-refractivity contribution in [2.75, 3.05) is 13.7 Å². The quantitative estimate of drug-likeness (QED) is 0.415. The molecule has 2 aromatic heterocycles. The van der Waals surface area contributed by atoms with E-state index in [0.29, 0.717) is 12.1 Å². The largest absolute Gasteiger partial charge is 0.497 e. The third-order valence-electron chi connectivity index (χ3n) is 4.83. The summed E-state index contributed by atoms with van der Waals surface area (Å²) in [6.45, 7) is 0.291. The summed E-state index contributed by atoms with van der Waals surface area (Å²) in [5, 5.41) is 10.8. The average Bonchev–Trinajstić information content (AvgIpc) is 3.41. The lowest BCUT2D eigenvalue weighted by Crippen LogP contribution is -2.33. The van der Waals surface area contributed by atoms with Crippen molar-refractivity contribution in [3.05, 3.63) is 72.2 Å². The Labute approximate surface area is 161 Å². The number of ether oxygens (including phenoxy) is 1. The number of benzene rings is 2. The number of rotatable bonds is 6. The molecule has 4 aromatic rings. The minimum atomic E-state index is -0.294. The molecular weight excluding hydrogens is 354 g/mol. The van der Waals surface area contributed by atoms with Crippen LogP contribution in [-0.2, 0) is 0 Å². The molecule has 0 bridgehead atoms. The summed E-state index contributed by atoms with van der Waals surface area (Å²) in [7, 11) is 1.62. The van der Waals surface area contributed by atoms with Crippen LogP contribution in [-0.4, -0.2) is 34.7 Å². The minimum absolute atomic E-state index is 0.183. The Morgan fingerprint density at radius 1 is 1.21 bits per heavy atom. The summed E-state index contributed by atoms with van der Waals surface area (Å²) >= 11 is 0. The Morgan fingerprint density at radius 2 is 2.04 bits per heavy atom. The number of nitrogens with zero attached hydrogens (tertiary/aromatic N) is 1. The van der Waals surface area contributed by atoms with Crippen LogP contribution in [0.4, 0.5) is 0 Å². The number of para-hydroxylation sites is 1. The summed E-state index contributed by atoms with van der Waals surface area (Å²) in [4.78, 5) is 16.2. The smallest absolute Gasteiger partial charge is 0.253 e. The topological polar surface area (TPSA) is 109 Å². The van der Waals surface area contributed by atoms with Gasteiger partial charge in [0.15, 0.2) is 0 Å². The van der Waals surface area contributed by atoms with E-state index in [2.05, 4.69) is 20.5 Å². The van der Waals surface area contributed by atoms with Crippen molar-refractivity contribution >= 4 is 16.8 Å². The number of H-pyrrole nitrogens is 2. The number of fused-ring (bicyclic) bond motifs is 1. The molecule has 5 N–H and O–H groups in total. The molecule has 7 nitrogen and oxygen atoms in total. The number of amides is 1. The van der Waals surface area contributed by atoms with Gasteiger partial charge in [0.25, 0.3) is 5.91 Å². The Hall–Kier alpha value is -3.58. The lowest BCUT2D eigenvalue weighted by atomic mass is 10.0. The maximum Gasteiger partial charge on any atom is 0.253 e. The molecule has 4 rings (SSSR count). The van der Waals surface area contributed by atoms with E-state index in [1.54, 1.807) is 19.4 Å². The average molecular weight is 375 g/mol. The van der Waals surface area contributed by atoms with Crippen molar-refractivity contribution in [1.29, 1.82) is 0 Å². The van der Waals surface area contributed by atoms with E-state index in [0.717, 1.165) is 33.3 Å². The van der Waals surface area contributed by atoms with Crippen molar-refractivity contribution in [3.8, 4) is 16.9 Å². The zero-order valence-electron chi connectivity index (χ0n) is 15.4. The van der Waals surface area contributed by atoms with Gasteiger partial charge in [-0.25, -0.2) is 0 Å². The fourth-order valence-electron chi connectivity index (χ4n) is 3.33. The second kappa shape index (κ2) is 7.58. The van der Waals surface area contributed by atoms with E-state index in [1.165, 1.54) is 0 Å². The molecule has 0 saturated carbocycles. The van der Waals surface area contributed by atoms with E-state index >= 15 is 0 Å². The fraction of sp³-hybridized carbons (Fsp3) is 0.143. The Bertz CT molecular complexity index is 1080. The van der Waals surface area contributed by atoms with Gasteiger partial charge in [0.2, 0.25) is 0 Å². The fourth-order valence-corrected chi connectivity index (χ4v) is 3.33. The van der Waals surface area contributed by atoms with Crippen LogP contribution in [0.3, 0.4) is 0 Å². The highest BCUT2D eigenvalue weighted by atomic mass is 16.5. The van der Waals surface area contributed by atoms with E-state index in [9.17, 15) is 4.79 Å². The van der Waals surface area contributed by atoms with Crippen LogP contribution in [0, 0.1) is 0 Å². The number of aromatic amines is 2. The predicted octanol–water partition coefficient (Wildman–Crippen LogP) is 3.00. The van der Waals surface area contributed by atoms with Crippen LogP contribution in [0.5, 0.6) is 5.75 Å². The summed E-state index contributed by atoms with van der Waals surface area (Å²) in [5.41, 5.74) is 10.1. The number of nitrogens with one attached hydrogen (secondary N) is 3. The molecule has 0 spiro atoms. The van der Waals surface area contributed by atoms with Crippen molar-refractivity contribution in [3.63, 3.8) is 0 Å². The summed E-state index contributed by atoms with van der Waals surface area (Å²) in [6.07, 6.45) is 5.46. The Balaban J connectivity index is 1.63. The van der Waals surface area contributed by atoms with E-state index in [1.807, 2.05) is 48.8 Å². The zero-order chi connectivity index (χ0) is 19.5. The molecule has 1 amide bonds. The minimum Gasteiger partial charge on any atom is -0.497 e. The molecule has 0 saturated heterocycles. The number of nitrogens with two attached hydrogens (primary N) is 1. The molecule has 0 fully saturated rings. The third-order valence-corrected chi connectivity index (χ3v) is 4.83. The van der Waals surface area contributed by atoms with E-state index in [-0.39, 0.29) is 11.9 Å². The van der Waals surface area contributed by atoms with Crippen molar-refractivity contribution in [2.45, 2.75) is 6.04 Å². The molecule has 1 atom stereocenters. The second-order valence-electron chi connectivity index (χ2n) is 6.45. The lowest BCUT2D eigenvalue weighted by molar-refractivity contribution is 0.0939. The van der Waals surface area contributed by atoms with E-state index < -0.39 is 0 Å². The van der Waals surface area contributed by atoms with Gasteiger partial charge in [-0.15, -0.1) is 0 Å². The van der Waals surface area contributed by atoms with Gasteiger partial charge in [-0.1, -0.05) is 24.3 Å². The first-order chi connectivity index (χ1) is 13.7. The number of carbonyl (C=O) groups excluding carboxylic acids is 1. The van der Waals surface area contributed by atoms with Gasteiger partial charge < -0.3 is 20.8 Å². The highest BCUT2D eigenvalue weighted by molar-refractivity contribution is 6.09. The van der Waals surface area contributed by atoms with Crippen LogP contribution >= 0.6 is 0 Å². The first-order valence-corrected chi connectivity index (χ1v) is 8.95. The van der Waals surface area contributed by atoms with E-state index in [4.69, 9.17) is 10.5 Å². The molecule has 0 aliphatic rings. The van der Waals surface area contributed by atoms with Gasteiger partial charge in [0.1, 0.15) is 5.75 Å². The normalized spacial score (nSPS) is 12.1. The highest BCUT2D eigenvalue weighted by Gasteiger charge is 2.18. The van der Waals surface area contributed by atoms with Gasteiger partial charge in [0, 0.05) is 35.5 Å². The van der Waals surface area contributed by atoms with Gasteiger partial charge in [0.05, 0.1) is 30.4 Å². The van der Waals surface area contributed by atoms with Gasteiger partial charge in [-0.3, -0.25) is 9.89 Å². The van der Waals surface area contributed by atoms with Crippen LogP contribution < -0.4 is 15.8 Å². The second-order valence-corrected chi connectivity index (χ2v) is 6.45. The maximum absolute atomic E-state index is 13.0. The van der Waals surface area contributed by atoms with Crippen LogP contribution in [0.2, 0.25) is 0 Å². The molecule has 0 radical (unpaired) electrons. The SMILES string of the molecule is COc1ccc([C@H](CN)NC(=O)c2cccc3c(-c4cn[nH]c4)c[nH]c23)cc1. The highest BCUT2D eigenvalue weighted by Crippen LogP contribution is 2.30. The molecule has 0 aliphatic carbocycles. The van der Waals surface area contributed by atoms with Crippen molar-refractivity contribution < 1.29 is 9.53 Å². The molecule has 2 heterocycles. The molecular formula is C21H21N5O2. The first-order valence-electron chi connectivity index (χ1n) is 8.95. The molecule has 28 heavy (non-hydrogen) atoms. The van der Waals surface area contributed by atoms with Crippen LogP contribution in [0.25, 0.3) is 22.0 Å².